The van der Waals surface area contributed by atoms with Gasteiger partial charge in [-0.2, -0.15) is 0 Å². The Morgan fingerprint density at radius 3 is 2.88 bits per heavy atom. The van der Waals surface area contributed by atoms with E-state index in [2.05, 4.69) is 13.7 Å². The molecule has 1 aliphatic carbocycles. The van der Waals surface area contributed by atoms with Crippen LogP contribution in [-0.4, -0.2) is 35.8 Å². The van der Waals surface area contributed by atoms with Gasteiger partial charge in [-0.05, 0) is 12.8 Å². The van der Waals surface area contributed by atoms with E-state index in [4.69, 9.17) is 0 Å². The van der Waals surface area contributed by atoms with E-state index in [9.17, 15) is 4.79 Å². The van der Waals surface area contributed by atoms with E-state index in [-0.39, 0.29) is 5.24 Å². The summed E-state index contributed by atoms with van der Waals surface area (Å²) in [7, 11) is 3.25. The largest absolute Gasteiger partial charge is 0.333 e. The summed E-state index contributed by atoms with van der Waals surface area (Å²) in [6.07, 6.45) is 6.33. The second-order valence-electron chi connectivity index (χ2n) is 5.70. The minimum absolute atomic E-state index is 0.287. The molecule has 3 atom stereocenters. The van der Waals surface area contributed by atoms with Crippen LogP contribution >= 0.6 is 11.8 Å². The Kier molecular flexibility index (Phi) is 3.58. The SMILES string of the molecule is CBC1(C)CCCC2C(CC1)SC(=O)N2C. The zero-order valence-electron chi connectivity index (χ0n) is 10.7. The van der Waals surface area contributed by atoms with Crippen molar-refractivity contribution in [2.75, 3.05) is 7.05 Å². The highest BCUT2D eigenvalue weighted by Gasteiger charge is 2.40. The second-order valence-corrected chi connectivity index (χ2v) is 6.89. The van der Waals surface area contributed by atoms with E-state index in [1.165, 1.54) is 39.4 Å². The van der Waals surface area contributed by atoms with E-state index >= 15 is 0 Å². The minimum atomic E-state index is 0.287. The number of nitrogens with zero attached hydrogens (tertiary/aromatic N) is 1. The van der Waals surface area contributed by atoms with Gasteiger partial charge in [-0.15, -0.1) is 0 Å². The fraction of sp³-hybridized carbons (Fsp3) is 0.917. The molecule has 0 bridgehead atoms. The average Bonchev–Trinajstić information content (AvgIpc) is 2.51. The van der Waals surface area contributed by atoms with Gasteiger partial charge < -0.3 is 4.90 Å². The molecular formula is C12H22BNOS. The smallest absolute Gasteiger partial charge is 0.282 e. The summed E-state index contributed by atoms with van der Waals surface area (Å²) < 4.78 is 0. The van der Waals surface area contributed by atoms with Crippen molar-refractivity contribution in [2.24, 2.45) is 0 Å². The van der Waals surface area contributed by atoms with Crippen LogP contribution in [0.2, 0.25) is 12.1 Å². The van der Waals surface area contributed by atoms with Crippen LogP contribution in [0.5, 0.6) is 0 Å². The number of carbonyl (C=O) groups excluding carboxylic acids is 1. The van der Waals surface area contributed by atoms with Gasteiger partial charge >= 0.3 is 0 Å². The topological polar surface area (TPSA) is 20.3 Å². The molecule has 2 aliphatic rings. The number of rotatable bonds is 1. The van der Waals surface area contributed by atoms with E-state index in [1.54, 1.807) is 11.8 Å². The molecule has 2 rings (SSSR count). The molecule has 0 aromatic rings. The highest BCUT2D eigenvalue weighted by atomic mass is 32.2. The summed E-state index contributed by atoms with van der Waals surface area (Å²) in [5, 5.41) is 1.37. The van der Waals surface area contributed by atoms with Crippen LogP contribution in [0, 0.1) is 0 Å². The number of fused-ring (bicyclic) bond motifs is 1. The average molecular weight is 239 g/mol. The zero-order valence-corrected chi connectivity index (χ0v) is 11.5. The third kappa shape index (κ3) is 2.27. The van der Waals surface area contributed by atoms with Gasteiger partial charge in [0.1, 0.15) is 7.28 Å². The standard InChI is InChI=1S/C12H22BNOS/c1-12(13-2)7-4-5-9-10(6-8-12)16-11(15)14(9)3/h9-10,13H,4-8H2,1-3H3. The molecule has 0 aromatic carbocycles. The maximum atomic E-state index is 11.7. The Labute approximate surface area is 104 Å². The van der Waals surface area contributed by atoms with Gasteiger partial charge in [0.15, 0.2) is 0 Å². The first-order valence-corrected chi connectivity index (χ1v) is 7.37. The summed E-state index contributed by atoms with van der Waals surface area (Å²) in [4.78, 5) is 13.7. The molecule has 1 saturated heterocycles. The van der Waals surface area contributed by atoms with Crippen molar-refractivity contribution in [3.05, 3.63) is 0 Å². The maximum absolute atomic E-state index is 11.7. The van der Waals surface area contributed by atoms with Crippen molar-refractivity contribution in [1.29, 1.82) is 0 Å². The Balaban J connectivity index is 2.04. The lowest BCUT2D eigenvalue weighted by Gasteiger charge is -2.34. The van der Waals surface area contributed by atoms with E-state index in [0.717, 1.165) is 0 Å². The molecule has 2 fully saturated rings. The third-order valence-corrected chi connectivity index (χ3v) is 5.98. The molecule has 1 heterocycles. The lowest BCUT2D eigenvalue weighted by Crippen LogP contribution is -2.35. The number of hydrogen-bond acceptors (Lipinski definition) is 2. The lowest BCUT2D eigenvalue weighted by atomic mass is 9.50. The van der Waals surface area contributed by atoms with Crippen LogP contribution in [0.15, 0.2) is 0 Å². The monoisotopic (exact) mass is 239 g/mol. The van der Waals surface area contributed by atoms with Crippen molar-refractivity contribution in [1.82, 2.24) is 4.90 Å². The molecule has 3 unspecified atom stereocenters. The van der Waals surface area contributed by atoms with E-state index in [1.807, 2.05) is 11.9 Å². The number of thioether (sulfide) groups is 1. The normalized spacial score (nSPS) is 40.2. The number of hydrogen-bond donors (Lipinski definition) is 0. The van der Waals surface area contributed by atoms with Gasteiger partial charge in [-0.3, -0.25) is 4.79 Å². The van der Waals surface area contributed by atoms with Gasteiger partial charge in [-0.25, -0.2) is 0 Å². The summed E-state index contributed by atoms with van der Waals surface area (Å²) in [6, 6.07) is 0.513. The molecule has 4 heteroatoms. The fourth-order valence-corrected chi connectivity index (χ4v) is 4.29. The first-order valence-electron chi connectivity index (χ1n) is 6.49. The van der Waals surface area contributed by atoms with Gasteiger partial charge in [-0.1, -0.05) is 50.1 Å². The van der Waals surface area contributed by atoms with Crippen LogP contribution in [0.4, 0.5) is 4.79 Å². The van der Waals surface area contributed by atoms with Crippen LogP contribution in [0.1, 0.15) is 39.0 Å². The maximum Gasteiger partial charge on any atom is 0.282 e. The quantitative estimate of drug-likeness (QED) is 0.655. The van der Waals surface area contributed by atoms with E-state index < -0.39 is 0 Å². The minimum Gasteiger partial charge on any atom is -0.333 e. The Morgan fingerprint density at radius 2 is 2.19 bits per heavy atom. The van der Waals surface area contributed by atoms with Crippen molar-refractivity contribution >= 4 is 24.3 Å². The molecule has 1 saturated carbocycles. The molecule has 0 radical (unpaired) electrons. The first-order chi connectivity index (χ1) is 7.56. The van der Waals surface area contributed by atoms with Gasteiger partial charge in [0.2, 0.25) is 0 Å². The predicted molar refractivity (Wildman–Crippen MR) is 72.8 cm³/mol. The molecule has 0 aromatic heterocycles. The molecule has 1 amide bonds. The Hall–Kier alpha value is -0.115. The number of amides is 1. The number of carbonyl (C=O) groups is 1. The molecule has 2 nitrogen and oxygen atoms in total. The highest BCUT2D eigenvalue weighted by Crippen LogP contribution is 2.45. The molecule has 1 aliphatic heterocycles. The Morgan fingerprint density at radius 1 is 1.44 bits per heavy atom. The summed E-state index contributed by atoms with van der Waals surface area (Å²) >= 11 is 1.58. The molecule has 16 heavy (non-hydrogen) atoms. The van der Waals surface area contributed by atoms with Gasteiger partial charge in [0.25, 0.3) is 5.24 Å². The second kappa shape index (κ2) is 4.63. The zero-order chi connectivity index (χ0) is 11.8. The molecular weight excluding hydrogens is 217 g/mol. The first kappa shape index (κ1) is 12.3. The van der Waals surface area contributed by atoms with Crippen molar-refractivity contribution in [2.45, 2.75) is 62.5 Å². The summed E-state index contributed by atoms with van der Waals surface area (Å²) in [6.45, 7) is 4.72. The van der Waals surface area contributed by atoms with Gasteiger partial charge in [0, 0.05) is 18.3 Å². The van der Waals surface area contributed by atoms with Crippen molar-refractivity contribution in [3.8, 4) is 0 Å². The summed E-state index contributed by atoms with van der Waals surface area (Å²) in [5.41, 5.74) is 0. The lowest BCUT2D eigenvalue weighted by molar-refractivity contribution is 0.211. The third-order valence-electron chi connectivity index (χ3n) is 4.63. The highest BCUT2D eigenvalue weighted by molar-refractivity contribution is 8.14. The van der Waals surface area contributed by atoms with Gasteiger partial charge in [0.05, 0.1) is 0 Å². The van der Waals surface area contributed by atoms with E-state index in [0.29, 0.717) is 16.6 Å². The molecule has 0 spiro atoms. The van der Waals surface area contributed by atoms with Crippen LogP contribution in [0.3, 0.4) is 0 Å². The van der Waals surface area contributed by atoms with Crippen molar-refractivity contribution < 1.29 is 4.79 Å². The Bertz CT molecular complexity index is 286. The van der Waals surface area contributed by atoms with Crippen molar-refractivity contribution in [3.63, 3.8) is 0 Å². The summed E-state index contributed by atoms with van der Waals surface area (Å²) in [5.74, 6) is 0. The predicted octanol–water partition coefficient (Wildman–Crippen LogP) is 3.15. The van der Waals surface area contributed by atoms with Crippen LogP contribution in [0.25, 0.3) is 0 Å². The fourth-order valence-electron chi connectivity index (χ4n) is 3.01. The van der Waals surface area contributed by atoms with Crippen LogP contribution in [-0.2, 0) is 0 Å². The molecule has 90 valence electrons. The van der Waals surface area contributed by atoms with Crippen LogP contribution < -0.4 is 0 Å². The molecule has 0 N–H and O–H groups in total.